The summed E-state index contributed by atoms with van der Waals surface area (Å²) in [5.74, 6) is -0.431. The van der Waals surface area contributed by atoms with Gasteiger partial charge in [-0.2, -0.15) is 0 Å². The van der Waals surface area contributed by atoms with Crippen LogP contribution in [-0.4, -0.2) is 54.4 Å². The van der Waals surface area contributed by atoms with E-state index in [1.165, 1.54) is 6.92 Å². The molecule has 142 valence electrons. The van der Waals surface area contributed by atoms with Crippen LogP contribution in [0.25, 0.3) is 0 Å². The molecule has 7 nitrogen and oxygen atoms in total. The van der Waals surface area contributed by atoms with E-state index in [1.807, 2.05) is 12.1 Å². The lowest BCUT2D eigenvalue weighted by molar-refractivity contribution is -0.114. The highest BCUT2D eigenvalue weighted by molar-refractivity contribution is 6.03. The lowest BCUT2D eigenvalue weighted by Crippen LogP contribution is -2.46. The Hall–Kier alpha value is -2.93. The predicted molar refractivity (Wildman–Crippen MR) is 107 cm³/mol. The highest BCUT2D eigenvalue weighted by Crippen LogP contribution is 2.19. The van der Waals surface area contributed by atoms with Gasteiger partial charge in [0.15, 0.2) is 0 Å². The maximum Gasteiger partial charge on any atom is 0.274 e. The Labute approximate surface area is 159 Å². The van der Waals surface area contributed by atoms with Gasteiger partial charge in [-0.15, -0.1) is 0 Å². The van der Waals surface area contributed by atoms with E-state index >= 15 is 0 Å². The molecule has 0 saturated carbocycles. The molecule has 2 amide bonds. The van der Waals surface area contributed by atoms with E-state index in [4.69, 9.17) is 0 Å². The molecule has 2 heterocycles. The van der Waals surface area contributed by atoms with Crippen molar-refractivity contribution in [3.05, 3.63) is 48.3 Å². The maximum absolute atomic E-state index is 12.6. The molecule has 7 heteroatoms. The van der Waals surface area contributed by atoms with Crippen molar-refractivity contribution in [2.75, 3.05) is 48.3 Å². The lowest BCUT2D eigenvalue weighted by atomic mass is 10.2. The second-order valence-corrected chi connectivity index (χ2v) is 6.54. The van der Waals surface area contributed by atoms with Gasteiger partial charge < -0.3 is 20.4 Å². The van der Waals surface area contributed by atoms with Crippen LogP contribution in [0.15, 0.2) is 42.6 Å². The summed E-state index contributed by atoms with van der Waals surface area (Å²) in [7, 11) is 0. The topological polar surface area (TPSA) is 77.6 Å². The highest BCUT2D eigenvalue weighted by Gasteiger charge is 2.17. The number of hydrogen-bond acceptors (Lipinski definition) is 5. The molecule has 1 aliphatic heterocycles. The molecule has 0 atom stereocenters. The molecule has 1 saturated heterocycles. The normalized spacial score (nSPS) is 14.7. The van der Waals surface area contributed by atoms with Crippen molar-refractivity contribution in [1.82, 2.24) is 9.88 Å². The van der Waals surface area contributed by atoms with Gasteiger partial charge in [-0.3, -0.25) is 14.6 Å². The van der Waals surface area contributed by atoms with Crippen LogP contribution in [0.2, 0.25) is 0 Å². The molecule has 1 fully saturated rings. The number of carbonyl (C=O) groups is 2. The van der Waals surface area contributed by atoms with Crippen LogP contribution >= 0.6 is 0 Å². The second kappa shape index (κ2) is 8.64. The number of rotatable bonds is 5. The molecule has 2 N–H and O–H groups in total. The van der Waals surface area contributed by atoms with E-state index in [9.17, 15) is 9.59 Å². The van der Waals surface area contributed by atoms with E-state index in [0.29, 0.717) is 17.1 Å². The average molecular weight is 367 g/mol. The fourth-order valence-corrected chi connectivity index (χ4v) is 3.14. The van der Waals surface area contributed by atoms with Crippen molar-refractivity contribution in [3.8, 4) is 0 Å². The lowest BCUT2D eigenvalue weighted by Gasteiger charge is -2.35. The number of benzene rings is 1. The zero-order chi connectivity index (χ0) is 19.2. The molecule has 1 aliphatic rings. The Bertz CT molecular complexity index is 816. The first-order valence-corrected chi connectivity index (χ1v) is 9.17. The molecule has 1 aromatic carbocycles. The van der Waals surface area contributed by atoms with Gasteiger partial charge in [0, 0.05) is 56.4 Å². The van der Waals surface area contributed by atoms with Crippen molar-refractivity contribution < 1.29 is 9.59 Å². The van der Waals surface area contributed by atoms with Crippen molar-refractivity contribution in [2.45, 2.75) is 13.8 Å². The summed E-state index contributed by atoms with van der Waals surface area (Å²) in [5.41, 5.74) is 2.62. The van der Waals surface area contributed by atoms with Crippen molar-refractivity contribution >= 4 is 28.9 Å². The average Bonchev–Trinajstić information content (AvgIpc) is 2.68. The molecular formula is C20H25N5O2. The van der Waals surface area contributed by atoms with Gasteiger partial charge in [-0.1, -0.05) is 13.0 Å². The zero-order valence-electron chi connectivity index (χ0n) is 15.7. The maximum atomic E-state index is 12.6. The van der Waals surface area contributed by atoms with E-state index in [-0.39, 0.29) is 11.8 Å². The minimum atomic E-state index is -0.274. The molecule has 0 radical (unpaired) electrons. The van der Waals surface area contributed by atoms with E-state index in [2.05, 4.69) is 32.3 Å². The van der Waals surface area contributed by atoms with Crippen LogP contribution in [-0.2, 0) is 4.79 Å². The third-order valence-electron chi connectivity index (χ3n) is 4.60. The molecule has 2 aromatic rings. The van der Waals surface area contributed by atoms with Crippen LogP contribution in [0.1, 0.15) is 24.3 Å². The number of nitrogens with zero attached hydrogens (tertiary/aromatic N) is 3. The van der Waals surface area contributed by atoms with Gasteiger partial charge in [0.05, 0.1) is 0 Å². The molecule has 27 heavy (non-hydrogen) atoms. The summed E-state index contributed by atoms with van der Waals surface area (Å²) in [6.07, 6.45) is 1.67. The minimum Gasteiger partial charge on any atom is -0.369 e. The number of pyridine rings is 1. The molecule has 0 aliphatic carbocycles. The van der Waals surface area contributed by atoms with Crippen LogP contribution in [0, 0.1) is 0 Å². The van der Waals surface area contributed by atoms with Gasteiger partial charge in [0.25, 0.3) is 5.91 Å². The van der Waals surface area contributed by atoms with Crippen LogP contribution in [0.4, 0.5) is 17.1 Å². The van der Waals surface area contributed by atoms with Crippen LogP contribution < -0.4 is 15.5 Å². The van der Waals surface area contributed by atoms with E-state index in [1.54, 1.807) is 30.5 Å². The zero-order valence-corrected chi connectivity index (χ0v) is 15.7. The first-order valence-electron chi connectivity index (χ1n) is 9.17. The van der Waals surface area contributed by atoms with Crippen molar-refractivity contribution in [2.24, 2.45) is 0 Å². The van der Waals surface area contributed by atoms with E-state index < -0.39 is 0 Å². The fourth-order valence-electron chi connectivity index (χ4n) is 3.14. The summed E-state index contributed by atoms with van der Waals surface area (Å²) < 4.78 is 0. The van der Waals surface area contributed by atoms with Gasteiger partial charge in [0.2, 0.25) is 5.91 Å². The van der Waals surface area contributed by atoms with Crippen molar-refractivity contribution in [1.29, 1.82) is 0 Å². The molecule has 1 aromatic heterocycles. The Kier molecular flexibility index (Phi) is 6.03. The number of carbonyl (C=O) groups excluding carboxylic acids is 2. The molecule has 0 bridgehead atoms. The van der Waals surface area contributed by atoms with Gasteiger partial charge in [-0.05, 0) is 36.9 Å². The third-order valence-corrected chi connectivity index (χ3v) is 4.60. The van der Waals surface area contributed by atoms with Crippen LogP contribution in [0.5, 0.6) is 0 Å². The standard InChI is InChI=1S/C20H25N5O2/c1-3-24-9-11-25(12-10-24)18-7-8-21-19(14-18)20(27)23-17-6-4-5-16(13-17)22-15(2)26/h4-8,13-14H,3,9-12H2,1-2H3,(H,22,26)(H,23,27). The first-order chi connectivity index (χ1) is 13.0. The van der Waals surface area contributed by atoms with Crippen molar-refractivity contribution in [3.63, 3.8) is 0 Å². The Morgan fingerprint density at radius 1 is 1.04 bits per heavy atom. The number of anilines is 3. The number of nitrogens with one attached hydrogen (secondary N) is 2. The summed E-state index contributed by atoms with van der Waals surface area (Å²) in [4.78, 5) is 32.7. The van der Waals surface area contributed by atoms with Gasteiger partial charge >= 0.3 is 0 Å². The Morgan fingerprint density at radius 3 is 2.41 bits per heavy atom. The number of aromatic nitrogens is 1. The Balaban J connectivity index is 1.68. The van der Waals surface area contributed by atoms with E-state index in [0.717, 1.165) is 38.4 Å². The fraction of sp³-hybridized carbons (Fsp3) is 0.350. The summed E-state index contributed by atoms with van der Waals surface area (Å²) in [6.45, 7) is 8.61. The summed E-state index contributed by atoms with van der Waals surface area (Å²) in [6, 6.07) is 10.8. The number of piperazine rings is 1. The summed E-state index contributed by atoms with van der Waals surface area (Å²) in [5, 5.41) is 5.54. The largest absolute Gasteiger partial charge is 0.369 e. The molecule has 0 unspecified atom stereocenters. The number of amides is 2. The number of likely N-dealkylation sites (N-methyl/N-ethyl adjacent to an activating group) is 1. The quantitative estimate of drug-likeness (QED) is 0.849. The molecule has 0 spiro atoms. The SMILES string of the molecule is CCN1CCN(c2ccnc(C(=O)Nc3cccc(NC(C)=O)c3)c2)CC1. The van der Waals surface area contributed by atoms with Crippen LogP contribution in [0.3, 0.4) is 0 Å². The van der Waals surface area contributed by atoms with Gasteiger partial charge in [0.1, 0.15) is 5.69 Å². The highest BCUT2D eigenvalue weighted by atomic mass is 16.2. The molecule has 3 rings (SSSR count). The first kappa shape index (κ1) is 18.8. The molecular weight excluding hydrogens is 342 g/mol. The monoisotopic (exact) mass is 367 g/mol. The smallest absolute Gasteiger partial charge is 0.274 e. The number of hydrogen-bond donors (Lipinski definition) is 2. The third kappa shape index (κ3) is 5.04. The Morgan fingerprint density at radius 2 is 1.74 bits per heavy atom. The predicted octanol–water partition coefficient (Wildman–Crippen LogP) is 2.43. The second-order valence-electron chi connectivity index (χ2n) is 6.54. The minimum absolute atomic E-state index is 0.156. The summed E-state index contributed by atoms with van der Waals surface area (Å²) >= 11 is 0. The van der Waals surface area contributed by atoms with Gasteiger partial charge in [-0.25, -0.2) is 0 Å².